The molecule has 5 atom stereocenters. The number of aliphatic imine (C=N–C) groups is 1. The predicted molar refractivity (Wildman–Crippen MR) is 382 cm³/mol. The molecule has 0 fully saturated rings. The zero-order valence-electron chi connectivity index (χ0n) is 51.4. The molecular formula is C83H67IN6. The summed E-state index contributed by atoms with van der Waals surface area (Å²) in [5.41, 5.74) is 25.8. The minimum atomic E-state index is -0.389. The summed E-state index contributed by atoms with van der Waals surface area (Å²) in [6.07, 6.45) is 16.3. The number of imidazole rings is 1. The first-order valence-electron chi connectivity index (χ1n) is 31.6. The molecule has 2 heterocycles. The fraction of sp³-hybridized carbons (Fsp3) is 0.157. The van der Waals surface area contributed by atoms with Gasteiger partial charge < -0.3 is 14.7 Å². The third-order valence-corrected chi connectivity index (χ3v) is 21.8. The molecule has 7 heteroatoms. The topological polar surface area (TPSA) is 39.9 Å². The molecule has 90 heavy (non-hydrogen) atoms. The van der Waals surface area contributed by atoms with Crippen molar-refractivity contribution in [3.63, 3.8) is 0 Å². The van der Waals surface area contributed by atoms with Crippen LogP contribution in [0.4, 0.5) is 34.1 Å². The van der Waals surface area contributed by atoms with Crippen molar-refractivity contribution in [3.8, 4) is 39.3 Å². The summed E-state index contributed by atoms with van der Waals surface area (Å²) in [5, 5.41) is 0. The van der Waals surface area contributed by atoms with Gasteiger partial charge in [0, 0.05) is 68.0 Å². The number of hydrogen-bond acceptors (Lipinski definition) is 5. The molecule has 1 aliphatic heterocycles. The van der Waals surface area contributed by atoms with Gasteiger partial charge in [-0.2, -0.15) is 0 Å². The highest BCUT2D eigenvalue weighted by Crippen LogP contribution is 2.58. The number of rotatable bonds is 10. The van der Waals surface area contributed by atoms with E-state index in [1.54, 1.807) is 0 Å². The van der Waals surface area contributed by atoms with E-state index in [1.807, 2.05) is 0 Å². The van der Waals surface area contributed by atoms with Crippen molar-refractivity contribution in [2.45, 2.75) is 73.3 Å². The van der Waals surface area contributed by atoms with Gasteiger partial charge in [-0.15, -0.1) is 0 Å². The Morgan fingerprint density at radius 1 is 0.467 bits per heavy atom. The Labute approximate surface area is 541 Å². The standard InChI is InChI=1S/C83H67IN6/c1-80(2)69-27-15-13-25-63(69)65-44-40-59(49-71(65)80)87(57-36-32-53(33-37-57)78-85-75-29-17-18-30-76(75)89(78)55-21-9-7-10-22-55)60-41-45-66-67-46-42-61(51-73(67)81(3,4)72(66)50-60)88(62-43-47-68-64-26-14-16-28-70(64)83(6,84)74(68)52-62)58-38-34-54(35-39-58)79-86-82(5)48-20-19-31-77(82)90(79)56-23-11-8-12-24-56/h7-52,67,73,77H,1-6H3. The van der Waals surface area contributed by atoms with Crippen LogP contribution >= 0.6 is 22.6 Å². The van der Waals surface area contributed by atoms with Crippen LogP contribution in [-0.4, -0.2) is 27.0 Å². The van der Waals surface area contributed by atoms with Crippen molar-refractivity contribution in [1.29, 1.82) is 0 Å². The van der Waals surface area contributed by atoms with Crippen molar-refractivity contribution in [1.82, 2.24) is 9.55 Å². The number of nitrogens with zero attached hydrogens (tertiary/aromatic N) is 6. The van der Waals surface area contributed by atoms with Crippen LogP contribution in [0, 0.1) is 5.92 Å². The van der Waals surface area contributed by atoms with Crippen molar-refractivity contribution in [3.05, 3.63) is 324 Å². The molecule has 11 aromatic rings. The molecule has 0 radical (unpaired) electrons. The summed E-state index contributed by atoms with van der Waals surface area (Å²) < 4.78 is 2.09. The molecule has 17 rings (SSSR count). The summed E-state index contributed by atoms with van der Waals surface area (Å²) in [5.74, 6) is 2.26. The minimum Gasteiger partial charge on any atom is -0.316 e. The Morgan fingerprint density at radius 2 is 1.02 bits per heavy atom. The lowest BCUT2D eigenvalue weighted by molar-refractivity contribution is 0.392. The van der Waals surface area contributed by atoms with Crippen molar-refractivity contribution in [2.75, 3.05) is 14.7 Å². The summed E-state index contributed by atoms with van der Waals surface area (Å²) in [7, 11) is 0. The average molecular weight is 1280 g/mol. The van der Waals surface area contributed by atoms with E-state index in [4.69, 9.17) is 9.98 Å². The molecule has 6 aliphatic rings. The van der Waals surface area contributed by atoms with Gasteiger partial charge in [0.05, 0.1) is 20.5 Å². The molecule has 0 N–H and O–H groups in total. The van der Waals surface area contributed by atoms with Crippen LogP contribution in [0.1, 0.15) is 86.4 Å². The first-order valence-corrected chi connectivity index (χ1v) is 32.7. The number of para-hydroxylation sites is 4. The summed E-state index contributed by atoms with van der Waals surface area (Å²) in [4.78, 5) is 18.2. The molecule has 0 bridgehead atoms. The average Bonchev–Trinajstić information content (AvgIpc) is 1.66. The van der Waals surface area contributed by atoms with E-state index in [2.05, 4.69) is 363 Å². The highest BCUT2D eigenvalue weighted by molar-refractivity contribution is 14.1. The van der Waals surface area contributed by atoms with Gasteiger partial charge in [0.1, 0.15) is 17.2 Å². The highest BCUT2D eigenvalue weighted by Gasteiger charge is 2.48. The highest BCUT2D eigenvalue weighted by atomic mass is 127. The van der Waals surface area contributed by atoms with E-state index in [-0.39, 0.29) is 37.7 Å². The number of halogens is 1. The monoisotopic (exact) mass is 1270 g/mol. The van der Waals surface area contributed by atoms with Crippen LogP contribution in [0.15, 0.2) is 290 Å². The van der Waals surface area contributed by atoms with Crippen molar-refractivity contribution >= 4 is 73.6 Å². The van der Waals surface area contributed by atoms with Crippen molar-refractivity contribution < 1.29 is 0 Å². The number of aromatic nitrogens is 2. The van der Waals surface area contributed by atoms with E-state index < -0.39 is 0 Å². The lowest BCUT2D eigenvalue weighted by Gasteiger charge is -2.35. The first kappa shape index (κ1) is 54.6. The smallest absolute Gasteiger partial charge is 0.145 e. The lowest BCUT2D eigenvalue weighted by Crippen LogP contribution is -2.44. The largest absolute Gasteiger partial charge is 0.316 e. The molecule has 0 amide bonds. The summed E-state index contributed by atoms with van der Waals surface area (Å²) >= 11 is 2.68. The second kappa shape index (κ2) is 20.2. The number of hydrogen-bond donors (Lipinski definition) is 0. The van der Waals surface area contributed by atoms with Crippen LogP contribution in [0.3, 0.4) is 0 Å². The van der Waals surface area contributed by atoms with Gasteiger partial charge in [-0.05, 0) is 208 Å². The molecule has 0 saturated heterocycles. The van der Waals surface area contributed by atoms with E-state index >= 15 is 0 Å². The maximum Gasteiger partial charge on any atom is 0.145 e. The quantitative estimate of drug-likeness (QED) is 0.101. The molecule has 0 saturated carbocycles. The molecule has 436 valence electrons. The van der Waals surface area contributed by atoms with E-state index in [0.717, 1.165) is 79.3 Å². The Morgan fingerprint density at radius 3 is 1.76 bits per heavy atom. The number of benzene rings is 10. The maximum absolute atomic E-state index is 5.51. The Hall–Kier alpha value is -9.57. The van der Waals surface area contributed by atoms with Gasteiger partial charge in [-0.1, -0.05) is 202 Å². The number of anilines is 6. The molecular weight excluding hydrogens is 1210 g/mol. The molecule has 0 spiro atoms. The normalized spacial score (nSPS) is 21.4. The molecule has 6 nitrogen and oxygen atoms in total. The summed E-state index contributed by atoms with van der Waals surface area (Å²) in [6.45, 7) is 14.3. The molecule has 5 aliphatic carbocycles. The number of fused-ring (bicyclic) bond motifs is 11. The molecule has 10 aromatic carbocycles. The number of allylic oxidation sites excluding steroid dienone is 5. The number of amidine groups is 1. The Bertz CT molecular complexity index is 4910. The number of alkyl halides is 1. The predicted octanol–water partition coefficient (Wildman–Crippen LogP) is 21.0. The third-order valence-electron chi connectivity index (χ3n) is 20.6. The van der Waals surface area contributed by atoms with Crippen LogP contribution in [0.2, 0.25) is 0 Å². The van der Waals surface area contributed by atoms with Gasteiger partial charge in [0.15, 0.2) is 0 Å². The van der Waals surface area contributed by atoms with Gasteiger partial charge in [-0.3, -0.25) is 9.56 Å². The fourth-order valence-corrected chi connectivity index (χ4v) is 16.9. The Balaban J connectivity index is 0.767. The zero-order valence-corrected chi connectivity index (χ0v) is 53.5. The second-order valence-electron chi connectivity index (χ2n) is 26.6. The fourth-order valence-electron chi connectivity index (χ4n) is 16.0. The maximum atomic E-state index is 5.51. The molecule has 1 aromatic heterocycles. The van der Waals surface area contributed by atoms with Gasteiger partial charge in [-0.25, -0.2) is 4.98 Å². The van der Waals surface area contributed by atoms with Crippen LogP contribution in [0.5, 0.6) is 0 Å². The Kier molecular flexibility index (Phi) is 12.3. The van der Waals surface area contributed by atoms with E-state index in [0.29, 0.717) is 0 Å². The van der Waals surface area contributed by atoms with Gasteiger partial charge >= 0.3 is 0 Å². The third kappa shape index (κ3) is 8.27. The first-order chi connectivity index (χ1) is 43.7. The minimum absolute atomic E-state index is 0.0677. The van der Waals surface area contributed by atoms with Gasteiger partial charge in [0.25, 0.3) is 0 Å². The second-order valence-corrected chi connectivity index (χ2v) is 28.7. The van der Waals surface area contributed by atoms with E-state index in [1.165, 1.54) is 55.6 Å². The van der Waals surface area contributed by atoms with E-state index in [9.17, 15) is 0 Å². The zero-order chi connectivity index (χ0) is 60.8. The lowest BCUT2D eigenvalue weighted by atomic mass is 9.74. The molecule has 5 unspecified atom stereocenters. The van der Waals surface area contributed by atoms with Gasteiger partial charge in [0.2, 0.25) is 0 Å². The summed E-state index contributed by atoms with van der Waals surface area (Å²) in [6, 6.07) is 87.5. The van der Waals surface area contributed by atoms with Crippen LogP contribution in [0.25, 0.3) is 50.4 Å². The van der Waals surface area contributed by atoms with Crippen LogP contribution in [-0.2, 0) is 14.3 Å². The van der Waals surface area contributed by atoms with Crippen LogP contribution < -0.4 is 14.7 Å². The van der Waals surface area contributed by atoms with Crippen molar-refractivity contribution in [2.24, 2.45) is 10.9 Å². The SMILES string of the molecule is CC1(C)c2ccccc2-c2ccc(N(c3ccc(-c4nc5ccccc5n4-c4ccccc4)cc3)c3ccc4c(c3)C(C)(C)C3C=C(N(c5ccc(C6=NC7(C)C=CC=CC7N6c6ccccc6)cc5)c5ccc6c(c5)C(C)(I)c5ccccc5-6)C=CC43)cc21.